The SMILES string of the molecule is Cc1csc(NC(=O)CCCCCn2sc3ccccc3c2=O)n1. The Morgan fingerprint density at radius 2 is 2.08 bits per heavy atom. The lowest BCUT2D eigenvalue weighted by atomic mass is 10.2. The normalized spacial score (nSPS) is 11.0. The fourth-order valence-electron chi connectivity index (χ4n) is 2.48. The number of nitrogens with one attached hydrogen (secondary N) is 1. The number of thiazole rings is 1. The van der Waals surface area contributed by atoms with Crippen LogP contribution in [0.15, 0.2) is 34.4 Å². The maximum Gasteiger partial charge on any atom is 0.268 e. The third-order valence-corrected chi connectivity index (χ3v) is 5.68. The van der Waals surface area contributed by atoms with E-state index in [9.17, 15) is 9.59 Å². The zero-order valence-corrected chi connectivity index (χ0v) is 15.1. The van der Waals surface area contributed by atoms with Crippen LogP contribution in [0.5, 0.6) is 0 Å². The lowest BCUT2D eigenvalue weighted by Gasteiger charge is -2.02. The van der Waals surface area contributed by atoms with Gasteiger partial charge in [0.15, 0.2) is 5.13 Å². The zero-order valence-electron chi connectivity index (χ0n) is 13.4. The molecule has 0 atom stereocenters. The van der Waals surface area contributed by atoms with Gasteiger partial charge in [-0.25, -0.2) is 4.98 Å². The number of rotatable bonds is 7. The van der Waals surface area contributed by atoms with E-state index < -0.39 is 0 Å². The summed E-state index contributed by atoms with van der Waals surface area (Å²) in [6.45, 7) is 2.62. The van der Waals surface area contributed by atoms with Crippen LogP contribution in [0.25, 0.3) is 10.1 Å². The Labute approximate surface area is 148 Å². The van der Waals surface area contributed by atoms with Gasteiger partial charge in [0.1, 0.15) is 0 Å². The van der Waals surface area contributed by atoms with Gasteiger partial charge in [-0.2, -0.15) is 0 Å². The van der Waals surface area contributed by atoms with Crippen molar-refractivity contribution in [3.8, 4) is 0 Å². The van der Waals surface area contributed by atoms with E-state index in [2.05, 4.69) is 10.3 Å². The largest absolute Gasteiger partial charge is 0.302 e. The van der Waals surface area contributed by atoms with E-state index in [-0.39, 0.29) is 11.5 Å². The second-order valence-corrected chi connectivity index (χ2v) is 7.57. The summed E-state index contributed by atoms with van der Waals surface area (Å²) >= 11 is 2.95. The Morgan fingerprint density at radius 3 is 2.83 bits per heavy atom. The number of hydrogen-bond donors (Lipinski definition) is 1. The van der Waals surface area contributed by atoms with Crippen LogP contribution in [0.2, 0.25) is 0 Å². The van der Waals surface area contributed by atoms with Crippen LogP contribution in [-0.4, -0.2) is 14.8 Å². The van der Waals surface area contributed by atoms with Gasteiger partial charge in [-0.3, -0.25) is 13.5 Å². The Hall–Kier alpha value is -1.99. The molecule has 0 spiro atoms. The van der Waals surface area contributed by atoms with Crippen LogP contribution in [0, 0.1) is 6.92 Å². The summed E-state index contributed by atoms with van der Waals surface area (Å²) < 4.78 is 2.84. The molecular weight excluding hydrogens is 342 g/mol. The number of carbonyl (C=O) groups excluding carboxylic acids is 1. The van der Waals surface area contributed by atoms with Crippen LogP contribution < -0.4 is 10.9 Å². The highest BCUT2D eigenvalue weighted by Gasteiger charge is 2.07. The van der Waals surface area contributed by atoms with Crippen molar-refractivity contribution in [2.75, 3.05) is 5.32 Å². The van der Waals surface area contributed by atoms with Crippen molar-refractivity contribution in [3.05, 3.63) is 45.7 Å². The standard InChI is InChI=1S/C17H19N3O2S2/c1-12-11-23-17(18-12)19-15(21)9-3-2-6-10-20-16(22)13-7-4-5-8-14(13)24-20/h4-5,7-8,11H,2-3,6,9-10H2,1H3,(H,18,19,21). The van der Waals surface area contributed by atoms with Crippen molar-refractivity contribution in [3.63, 3.8) is 0 Å². The molecule has 0 aliphatic carbocycles. The second-order valence-electron chi connectivity index (χ2n) is 5.65. The predicted molar refractivity (Wildman–Crippen MR) is 100 cm³/mol. The molecule has 0 saturated heterocycles. The molecule has 0 aliphatic rings. The van der Waals surface area contributed by atoms with E-state index in [0.29, 0.717) is 18.1 Å². The molecule has 3 aromatic rings. The minimum absolute atomic E-state index is 0.00313. The third-order valence-electron chi connectivity index (χ3n) is 3.68. The van der Waals surface area contributed by atoms with Gasteiger partial charge in [0.25, 0.3) is 5.56 Å². The van der Waals surface area contributed by atoms with Gasteiger partial charge in [-0.05, 0) is 31.9 Å². The smallest absolute Gasteiger partial charge is 0.268 e. The van der Waals surface area contributed by atoms with Crippen LogP contribution in [0.4, 0.5) is 5.13 Å². The Balaban J connectivity index is 1.41. The fourth-order valence-corrected chi connectivity index (χ4v) is 4.21. The zero-order chi connectivity index (χ0) is 16.9. The summed E-state index contributed by atoms with van der Waals surface area (Å²) in [5.41, 5.74) is 1.01. The summed E-state index contributed by atoms with van der Waals surface area (Å²) in [5, 5.41) is 6.18. The van der Waals surface area contributed by atoms with Crippen molar-refractivity contribution in [1.29, 1.82) is 0 Å². The Bertz CT molecular complexity index is 895. The topological polar surface area (TPSA) is 64.0 Å². The highest BCUT2D eigenvalue weighted by atomic mass is 32.1. The van der Waals surface area contributed by atoms with Gasteiger partial charge in [-0.1, -0.05) is 30.1 Å². The number of carbonyl (C=O) groups is 1. The van der Waals surface area contributed by atoms with Crippen molar-refractivity contribution in [2.24, 2.45) is 0 Å². The van der Waals surface area contributed by atoms with Gasteiger partial charge < -0.3 is 5.32 Å². The first kappa shape index (κ1) is 16.9. The first-order chi connectivity index (χ1) is 11.6. The quantitative estimate of drug-likeness (QED) is 0.646. The number of hydrogen-bond acceptors (Lipinski definition) is 5. The second kappa shape index (κ2) is 7.72. The number of amides is 1. The molecule has 1 aromatic carbocycles. The lowest BCUT2D eigenvalue weighted by molar-refractivity contribution is -0.116. The fraction of sp³-hybridized carbons (Fsp3) is 0.353. The molecule has 3 rings (SSSR count). The van der Waals surface area contributed by atoms with Gasteiger partial charge in [0.2, 0.25) is 5.91 Å². The minimum Gasteiger partial charge on any atom is -0.302 e. The molecule has 1 amide bonds. The molecular formula is C17H19N3O2S2. The molecule has 2 aromatic heterocycles. The monoisotopic (exact) mass is 361 g/mol. The summed E-state index contributed by atoms with van der Waals surface area (Å²) in [6.07, 6.45) is 3.12. The van der Waals surface area contributed by atoms with Gasteiger partial charge in [-0.15, -0.1) is 11.3 Å². The molecule has 7 heteroatoms. The third kappa shape index (κ3) is 4.10. The summed E-state index contributed by atoms with van der Waals surface area (Å²) in [4.78, 5) is 28.3. The van der Waals surface area contributed by atoms with Crippen molar-refractivity contribution >= 4 is 44.0 Å². The molecule has 126 valence electrons. The first-order valence-corrected chi connectivity index (χ1v) is 9.59. The molecule has 24 heavy (non-hydrogen) atoms. The molecule has 0 fully saturated rings. The Kier molecular flexibility index (Phi) is 5.42. The molecule has 0 radical (unpaired) electrons. The van der Waals surface area contributed by atoms with E-state index in [4.69, 9.17) is 0 Å². The number of aromatic nitrogens is 2. The van der Waals surface area contributed by atoms with E-state index in [0.717, 1.165) is 35.0 Å². The van der Waals surface area contributed by atoms with Crippen LogP contribution in [-0.2, 0) is 11.3 Å². The highest BCUT2D eigenvalue weighted by molar-refractivity contribution is 7.14. The molecule has 0 bridgehead atoms. The number of benzene rings is 1. The van der Waals surface area contributed by atoms with Crippen molar-refractivity contribution < 1.29 is 4.79 Å². The highest BCUT2D eigenvalue weighted by Crippen LogP contribution is 2.17. The van der Waals surface area contributed by atoms with E-state index in [1.165, 1.54) is 22.9 Å². The van der Waals surface area contributed by atoms with E-state index in [1.54, 1.807) is 0 Å². The molecule has 1 N–H and O–H groups in total. The summed E-state index contributed by atoms with van der Waals surface area (Å²) in [7, 11) is 0. The van der Waals surface area contributed by atoms with E-state index in [1.807, 2.05) is 40.5 Å². The van der Waals surface area contributed by atoms with Crippen LogP contribution >= 0.6 is 22.9 Å². The van der Waals surface area contributed by atoms with Crippen molar-refractivity contribution in [1.82, 2.24) is 8.94 Å². The Morgan fingerprint density at radius 1 is 1.25 bits per heavy atom. The average Bonchev–Trinajstić information content (AvgIpc) is 3.11. The van der Waals surface area contributed by atoms with E-state index >= 15 is 0 Å². The predicted octanol–water partition coefficient (Wildman–Crippen LogP) is 4.03. The maximum atomic E-state index is 12.2. The number of nitrogens with zero attached hydrogens (tertiary/aromatic N) is 2. The lowest BCUT2D eigenvalue weighted by Crippen LogP contribution is -2.13. The summed E-state index contributed by atoms with van der Waals surface area (Å²) in [6, 6.07) is 7.69. The number of aryl methyl sites for hydroxylation is 2. The van der Waals surface area contributed by atoms with Gasteiger partial charge in [0, 0.05) is 18.3 Å². The molecule has 0 saturated carbocycles. The molecule has 5 nitrogen and oxygen atoms in total. The molecule has 0 unspecified atom stereocenters. The molecule has 0 aliphatic heterocycles. The number of fused-ring (bicyclic) bond motifs is 1. The summed E-state index contributed by atoms with van der Waals surface area (Å²) in [5.74, 6) is 0.00313. The minimum atomic E-state index is 0.00313. The molecule has 2 heterocycles. The van der Waals surface area contributed by atoms with Gasteiger partial charge >= 0.3 is 0 Å². The van der Waals surface area contributed by atoms with Gasteiger partial charge in [0.05, 0.1) is 15.8 Å². The van der Waals surface area contributed by atoms with Crippen LogP contribution in [0.3, 0.4) is 0 Å². The first-order valence-electron chi connectivity index (χ1n) is 7.94. The maximum absolute atomic E-state index is 12.2. The van der Waals surface area contributed by atoms with Crippen molar-refractivity contribution in [2.45, 2.75) is 39.2 Å². The number of anilines is 1. The average molecular weight is 361 g/mol. The number of unbranched alkanes of at least 4 members (excludes halogenated alkanes) is 2. The van der Waals surface area contributed by atoms with Crippen LogP contribution in [0.1, 0.15) is 31.4 Å².